The molecule has 0 aliphatic carbocycles. The van der Waals surface area contributed by atoms with Crippen LogP contribution in [0.3, 0.4) is 0 Å². The highest BCUT2D eigenvalue weighted by atomic mass is 19.1. The number of rotatable bonds is 18. The zero-order chi connectivity index (χ0) is 35.2. The number of carbonyl (C=O) groups excluding carboxylic acids is 5. The number of likely N-dealkylation sites (tertiary alicyclic amines) is 1. The van der Waals surface area contributed by atoms with E-state index in [0.717, 1.165) is 16.3 Å². The van der Waals surface area contributed by atoms with Gasteiger partial charge in [-0.2, -0.15) is 0 Å². The molecular formula is C33H44FN7O7. The van der Waals surface area contributed by atoms with Crippen LogP contribution in [0.4, 0.5) is 4.39 Å². The molecule has 0 spiro atoms. The lowest BCUT2D eigenvalue weighted by Gasteiger charge is -2.37. The van der Waals surface area contributed by atoms with Crippen molar-refractivity contribution in [3.05, 3.63) is 48.0 Å². The molecule has 15 heteroatoms. The minimum Gasteiger partial charge on any atom is -0.481 e. The van der Waals surface area contributed by atoms with Gasteiger partial charge in [0.1, 0.15) is 12.1 Å². The first-order valence-electron chi connectivity index (χ1n) is 15.9. The Kier molecular flexibility index (Phi) is 14.3. The number of benzene rings is 2. The van der Waals surface area contributed by atoms with Crippen LogP contribution in [0.15, 0.2) is 47.5 Å². The molecule has 0 bridgehead atoms. The molecule has 4 amide bonds. The van der Waals surface area contributed by atoms with Crippen LogP contribution in [0.25, 0.3) is 10.8 Å². The summed E-state index contributed by atoms with van der Waals surface area (Å²) >= 11 is 0. The molecule has 48 heavy (non-hydrogen) atoms. The fourth-order valence-corrected chi connectivity index (χ4v) is 5.82. The maximum absolute atomic E-state index is 13.9. The molecule has 1 aliphatic rings. The summed E-state index contributed by atoms with van der Waals surface area (Å²) in [6, 6.07) is 9.79. The second-order valence-corrected chi connectivity index (χ2v) is 11.9. The summed E-state index contributed by atoms with van der Waals surface area (Å²) in [5.41, 5.74) is 17.1. The van der Waals surface area contributed by atoms with Crippen LogP contribution in [0.1, 0.15) is 56.9 Å². The van der Waals surface area contributed by atoms with E-state index in [0.29, 0.717) is 19.3 Å². The van der Waals surface area contributed by atoms with Crippen molar-refractivity contribution in [3.63, 3.8) is 0 Å². The van der Waals surface area contributed by atoms with Gasteiger partial charge in [-0.1, -0.05) is 42.5 Å². The molecule has 1 fully saturated rings. The predicted octanol–water partition coefficient (Wildman–Crippen LogP) is 0.682. The first-order valence-corrected chi connectivity index (χ1v) is 15.9. The van der Waals surface area contributed by atoms with Crippen LogP contribution in [-0.2, 0) is 35.2 Å². The van der Waals surface area contributed by atoms with Crippen LogP contribution in [0.5, 0.6) is 0 Å². The first kappa shape index (κ1) is 37.4. The summed E-state index contributed by atoms with van der Waals surface area (Å²) in [7, 11) is 0. The summed E-state index contributed by atoms with van der Waals surface area (Å²) in [6.45, 7) is -1.03. The number of aliphatic carboxylic acids is 1. The number of guanidine groups is 1. The van der Waals surface area contributed by atoms with Crippen LogP contribution in [0.2, 0.25) is 0 Å². The van der Waals surface area contributed by atoms with Crippen LogP contribution < -0.4 is 27.8 Å². The lowest BCUT2D eigenvalue weighted by atomic mass is 9.90. The normalized spacial score (nSPS) is 16.3. The first-order chi connectivity index (χ1) is 22.9. The van der Waals surface area contributed by atoms with Gasteiger partial charge in [0, 0.05) is 31.8 Å². The average Bonchev–Trinajstić information content (AvgIpc) is 3.06. The Labute approximate surface area is 277 Å². The highest BCUT2D eigenvalue weighted by Gasteiger charge is 2.38. The second kappa shape index (κ2) is 18.3. The topological polar surface area (TPSA) is 240 Å². The second-order valence-electron chi connectivity index (χ2n) is 11.9. The monoisotopic (exact) mass is 669 g/mol. The van der Waals surface area contributed by atoms with E-state index in [-0.39, 0.29) is 51.2 Å². The van der Waals surface area contributed by atoms with Crippen molar-refractivity contribution < 1.29 is 38.3 Å². The number of aliphatic imine (C=N–C) groups is 1. The zero-order valence-electron chi connectivity index (χ0n) is 26.7. The molecule has 0 aromatic heterocycles. The molecule has 1 heterocycles. The number of ketones is 1. The number of hydrogen-bond acceptors (Lipinski definition) is 7. The lowest BCUT2D eigenvalue weighted by molar-refractivity contribution is -0.146. The third kappa shape index (κ3) is 11.3. The molecule has 14 nitrogen and oxygen atoms in total. The quantitative estimate of drug-likeness (QED) is 0.0742. The van der Waals surface area contributed by atoms with E-state index in [1.54, 1.807) is 0 Å². The highest BCUT2D eigenvalue weighted by Crippen LogP contribution is 2.22. The SMILES string of the molecule is NC(=O)[C@H](CCCN=C(N)N)CC(=O)[C@H](Cc1ccc2ccccc2c1)NC(=O)[C@@H]1CCCCN1C(=O)[C@H](CCC(=O)O)NC(=O)CF. The van der Waals surface area contributed by atoms with Crippen molar-refractivity contribution in [2.75, 3.05) is 19.8 Å². The number of hydrogen-bond donors (Lipinski definition) is 6. The number of halogens is 1. The van der Waals surface area contributed by atoms with Crippen molar-refractivity contribution in [1.29, 1.82) is 0 Å². The van der Waals surface area contributed by atoms with Crippen LogP contribution in [-0.4, -0.2) is 89.2 Å². The minimum atomic E-state index is -1.40. The van der Waals surface area contributed by atoms with Crippen LogP contribution in [0, 0.1) is 5.92 Å². The van der Waals surface area contributed by atoms with Crippen molar-refractivity contribution in [2.24, 2.45) is 28.1 Å². The van der Waals surface area contributed by atoms with Gasteiger partial charge in [-0.25, -0.2) is 4.39 Å². The van der Waals surface area contributed by atoms with E-state index in [4.69, 9.17) is 22.3 Å². The highest BCUT2D eigenvalue weighted by molar-refractivity contribution is 5.96. The molecule has 2 aromatic rings. The van der Waals surface area contributed by atoms with E-state index in [2.05, 4.69) is 15.6 Å². The molecular weight excluding hydrogens is 625 g/mol. The summed E-state index contributed by atoms with van der Waals surface area (Å²) in [4.78, 5) is 81.7. The zero-order valence-corrected chi connectivity index (χ0v) is 26.7. The van der Waals surface area contributed by atoms with Crippen molar-refractivity contribution in [1.82, 2.24) is 15.5 Å². The maximum Gasteiger partial charge on any atom is 0.303 e. The van der Waals surface area contributed by atoms with Crippen molar-refractivity contribution in [3.8, 4) is 0 Å². The molecule has 0 radical (unpaired) electrons. The Morgan fingerprint density at radius 1 is 0.958 bits per heavy atom. The van der Waals surface area contributed by atoms with Gasteiger partial charge in [0.15, 0.2) is 18.4 Å². The Morgan fingerprint density at radius 3 is 2.35 bits per heavy atom. The number of Topliss-reactive ketones (excluding diaryl/α,β-unsaturated/α-hetero) is 1. The van der Waals surface area contributed by atoms with E-state index >= 15 is 0 Å². The molecule has 2 aromatic carbocycles. The number of nitrogens with zero attached hydrogens (tertiary/aromatic N) is 2. The summed E-state index contributed by atoms with van der Waals surface area (Å²) in [6.07, 6.45) is 1.06. The standard InChI is InChI=1S/C33H44FN7O7/c34-19-28(43)39-24(12-13-29(44)45)32(48)41-15-4-3-9-26(41)31(47)40-25(17-20-10-11-21-6-1-2-7-22(21)16-20)27(42)18-23(30(35)46)8-5-14-38-33(36)37/h1-2,6-7,10-11,16,23-26H,3-5,8-9,12-15,17-19H2,(H2,35,46)(H,39,43)(H,40,47)(H,44,45)(H4,36,37,38)/t23-,24+,25+,26+/m1/s1. The van der Waals surface area contributed by atoms with Gasteiger partial charge in [-0.15, -0.1) is 0 Å². The number of piperidine rings is 1. The van der Waals surface area contributed by atoms with E-state index in [9.17, 15) is 33.2 Å². The maximum atomic E-state index is 13.9. The summed E-state index contributed by atoms with van der Waals surface area (Å²) < 4.78 is 13.0. The summed E-state index contributed by atoms with van der Waals surface area (Å²) in [5.74, 6) is -5.71. The molecule has 260 valence electrons. The third-order valence-corrected chi connectivity index (χ3v) is 8.30. The van der Waals surface area contributed by atoms with Gasteiger partial charge in [0.25, 0.3) is 5.91 Å². The van der Waals surface area contributed by atoms with Crippen LogP contribution >= 0.6 is 0 Å². The Bertz CT molecular complexity index is 1510. The van der Waals surface area contributed by atoms with E-state index in [1.807, 2.05) is 42.5 Å². The van der Waals surface area contributed by atoms with Gasteiger partial charge in [-0.05, 0) is 61.3 Å². The number of amides is 4. The fraction of sp³-hybridized carbons (Fsp3) is 0.485. The third-order valence-electron chi connectivity index (χ3n) is 8.30. The number of carboxylic acid groups (broad SMARTS) is 1. The lowest BCUT2D eigenvalue weighted by Crippen LogP contribution is -2.59. The fourth-order valence-electron chi connectivity index (χ4n) is 5.82. The van der Waals surface area contributed by atoms with Crippen molar-refractivity contribution >= 4 is 52.1 Å². The Hall–Kier alpha value is -5.08. The predicted molar refractivity (Wildman–Crippen MR) is 176 cm³/mol. The minimum absolute atomic E-state index is 0.0867. The van der Waals surface area contributed by atoms with Crippen molar-refractivity contribution in [2.45, 2.75) is 75.9 Å². The summed E-state index contributed by atoms with van der Waals surface area (Å²) in [5, 5.41) is 16.1. The van der Waals surface area contributed by atoms with Gasteiger partial charge >= 0.3 is 5.97 Å². The molecule has 9 N–H and O–H groups in total. The van der Waals surface area contributed by atoms with Gasteiger partial charge in [-0.3, -0.25) is 33.8 Å². The molecule has 0 saturated carbocycles. The molecule has 4 atom stereocenters. The molecule has 1 saturated heterocycles. The van der Waals surface area contributed by atoms with E-state index < -0.39 is 72.5 Å². The van der Waals surface area contributed by atoms with E-state index in [1.165, 1.54) is 4.90 Å². The number of nitrogens with two attached hydrogens (primary N) is 3. The van der Waals surface area contributed by atoms with Gasteiger partial charge < -0.3 is 37.8 Å². The number of alkyl halides is 1. The largest absolute Gasteiger partial charge is 0.481 e. The molecule has 0 unspecified atom stereocenters. The number of primary amides is 1. The molecule has 3 rings (SSSR count). The smallest absolute Gasteiger partial charge is 0.303 e. The average molecular weight is 670 g/mol. The number of fused-ring (bicyclic) bond motifs is 1. The number of carbonyl (C=O) groups is 6. The number of nitrogens with one attached hydrogen (secondary N) is 2. The Balaban J connectivity index is 1.86. The number of carboxylic acids is 1. The van der Waals surface area contributed by atoms with Gasteiger partial charge in [0.05, 0.1) is 6.04 Å². The van der Waals surface area contributed by atoms with Gasteiger partial charge in [0.2, 0.25) is 17.7 Å². The Morgan fingerprint density at radius 2 is 1.69 bits per heavy atom. The molecule has 1 aliphatic heterocycles.